The average Bonchev–Trinajstić information content (AvgIpc) is 2.41. The molecule has 2 rings (SSSR count). The van der Waals surface area contributed by atoms with Crippen LogP contribution in [0.5, 0.6) is 0 Å². The quantitative estimate of drug-likeness (QED) is 0.644. The zero-order chi connectivity index (χ0) is 13.7. The number of piperidine rings is 1. The number of nitrogens with one attached hydrogen (secondary N) is 2. The number of nitro groups is 1. The number of rotatable bonds is 5. The van der Waals surface area contributed by atoms with Gasteiger partial charge in [0.15, 0.2) is 0 Å². The van der Waals surface area contributed by atoms with Crippen molar-refractivity contribution in [2.24, 2.45) is 5.92 Å². The van der Waals surface area contributed by atoms with Crippen LogP contribution in [0.25, 0.3) is 0 Å². The van der Waals surface area contributed by atoms with Crippen LogP contribution in [0.15, 0.2) is 18.2 Å². The highest BCUT2D eigenvalue weighted by atomic mass is 35.5. The van der Waals surface area contributed by atoms with Crippen LogP contribution < -0.4 is 10.6 Å². The minimum absolute atomic E-state index is 0.0364. The van der Waals surface area contributed by atoms with Gasteiger partial charge in [0.2, 0.25) is 0 Å². The van der Waals surface area contributed by atoms with E-state index in [1.165, 1.54) is 18.9 Å². The van der Waals surface area contributed by atoms with Gasteiger partial charge in [-0.2, -0.15) is 0 Å². The fraction of sp³-hybridized carbons (Fsp3) is 0.538. The van der Waals surface area contributed by atoms with Crippen molar-refractivity contribution in [2.45, 2.75) is 19.3 Å². The summed E-state index contributed by atoms with van der Waals surface area (Å²) in [6.45, 7) is 2.84. The van der Waals surface area contributed by atoms with Crippen LogP contribution in [0.4, 0.5) is 11.4 Å². The average molecular weight is 284 g/mol. The van der Waals surface area contributed by atoms with Gasteiger partial charge in [-0.15, -0.1) is 0 Å². The molecule has 0 spiro atoms. The molecule has 1 unspecified atom stereocenters. The highest BCUT2D eigenvalue weighted by molar-refractivity contribution is 6.33. The summed E-state index contributed by atoms with van der Waals surface area (Å²) >= 11 is 6.02. The lowest BCUT2D eigenvalue weighted by Gasteiger charge is -2.22. The molecular weight excluding hydrogens is 266 g/mol. The summed E-state index contributed by atoms with van der Waals surface area (Å²) in [7, 11) is 0. The van der Waals surface area contributed by atoms with Gasteiger partial charge in [0, 0.05) is 12.6 Å². The summed E-state index contributed by atoms with van der Waals surface area (Å²) in [5, 5.41) is 17.8. The Labute approximate surface area is 117 Å². The lowest BCUT2D eigenvalue weighted by molar-refractivity contribution is -0.383. The van der Waals surface area contributed by atoms with Crippen molar-refractivity contribution in [2.75, 3.05) is 25.0 Å². The van der Waals surface area contributed by atoms with Gasteiger partial charge in [0.1, 0.15) is 5.69 Å². The van der Waals surface area contributed by atoms with Gasteiger partial charge >= 0.3 is 0 Å². The standard InChI is InChI=1S/C13H18ClN3O2/c14-11-4-1-5-12(17(18)19)13(11)16-8-6-10-3-2-7-15-9-10/h1,4-5,10,15-16H,2-3,6-9H2. The molecule has 0 saturated carbocycles. The number of hydrogen-bond acceptors (Lipinski definition) is 4. The largest absolute Gasteiger partial charge is 0.378 e. The zero-order valence-electron chi connectivity index (χ0n) is 10.7. The third-order valence-electron chi connectivity index (χ3n) is 3.44. The predicted octanol–water partition coefficient (Wildman–Crippen LogP) is 3.05. The Hall–Kier alpha value is -1.33. The van der Waals surface area contributed by atoms with Gasteiger partial charge in [0.25, 0.3) is 5.69 Å². The fourth-order valence-electron chi connectivity index (χ4n) is 2.41. The van der Waals surface area contributed by atoms with E-state index in [9.17, 15) is 10.1 Å². The first-order chi connectivity index (χ1) is 9.18. The maximum Gasteiger partial charge on any atom is 0.293 e. The Balaban J connectivity index is 1.93. The summed E-state index contributed by atoms with van der Waals surface area (Å²) in [6.07, 6.45) is 3.42. The van der Waals surface area contributed by atoms with E-state index in [4.69, 9.17) is 11.6 Å². The highest BCUT2D eigenvalue weighted by Crippen LogP contribution is 2.31. The van der Waals surface area contributed by atoms with E-state index < -0.39 is 4.92 Å². The summed E-state index contributed by atoms with van der Waals surface area (Å²) < 4.78 is 0. The first-order valence-electron chi connectivity index (χ1n) is 6.56. The van der Waals surface area contributed by atoms with Crippen molar-refractivity contribution in [1.82, 2.24) is 5.32 Å². The molecule has 1 aliphatic heterocycles. The maximum absolute atomic E-state index is 10.9. The number of para-hydroxylation sites is 1. The molecule has 0 radical (unpaired) electrons. The third kappa shape index (κ3) is 3.81. The van der Waals surface area contributed by atoms with Crippen LogP contribution >= 0.6 is 11.6 Å². The molecule has 0 bridgehead atoms. The lowest BCUT2D eigenvalue weighted by Crippen LogP contribution is -2.30. The molecule has 1 saturated heterocycles. The summed E-state index contributed by atoms with van der Waals surface area (Å²) in [5.74, 6) is 0.641. The molecule has 6 heteroatoms. The third-order valence-corrected chi connectivity index (χ3v) is 3.76. The second-order valence-electron chi connectivity index (χ2n) is 4.82. The van der Waals surface area contributed by atoms with Crippen LogP contribution in [0.1, 0.15) is 19.3 Å². The molecule has 0 amide bonds. The predicted molar refractivity (Wildman–Crippen MR) is 76.8 cm³/mol. The Morgan fingerprint density at radius 1 is 1.53 bits per heavy atom. The smallest absolute Gasteiger partial charge is 0.293 e. The topological polar surface area (TPSA) is 67.2 Å². The number of nitro benzene ring substituents is 1. The van der Waals surface area contributed by atoms with Crippen molar-refractivity contribution in [3.05, 3.63) is 33.3 Å². The SMILES string of the molecule is O=[N+]([O-])c1cccc(Cl)c1NCCC1CCCNC1. The molecule has 0 aromatic heterocycles. The van der Waals surface area contributed by atoms with E-state index in [-0.39, 0.29) is 5.69 Å². The zero-order valence-corrected chi connectivity index (χ0v) is 11.4. The summed E-state index contributed by atoms with van der Waals surface area (Å²) in [5.41, 5.74) is 0.465. The summed E-state index contributed by atoms with van der Waals surface area (Å²) in [6, 6.07) is 4.73. The van der Waals surface area contributed by atoms with E-state index >= 15 is 0 Å². The van der Waals surface area contributed by atoms with Crippen molar-refractivity contribution < 1.29 is 4.92 Å². The summed E-state index contributed by atoms with van der Waals surface area (Å²) in [4.78, 5) is 10.5. The normalized spacial score (nSPS) is 19.1. The molecule has 104 valence electrons. The Kier molecular flexibility index (Phi) is 4.99. The number of halogens is 1. The fourth-order valence-corrected chi connectivity index (χ4v) is 2.65. The first-order valence-corrected chi connectivity index (χ1v) is 6.94. The Bertz CT molecular complexity index is 448. The van der Waals surface area contributed by atoms with Gasteiger partial charge in [-0.1, -0.05) is 17.7 Å². The number of nitrogens with zero attached hydrogens (tertiary/aromatic N) is 1. The van der Waals surface area contributed by atoms with Crippen LogP contribution in [-0.2, 0) is 0 Å². The van der Waals surface area contributed by atoms with Crippen LogP contribution in [0.3, 0.4) is 0 Å². The first kappa shape index (κ1) is 14.1. The van der Waals surface area contributed by atoms with Crippen molar-refractivity contribution >= 4 is 23.0 Å². The second-order valence-corrected chi connectivity index (χ2v) is 5.23. The van der Waals surface area contributed by atoms with Gasteiger partial charge in [-0.05, 0) is 44.3 Å². The number of hydrogen-bond donors (Lipinski definition) is 2. The minimum Gasteiger partial charge on any atom is -0.378 e. The number of anilines is 1. The molecule has 1 aromatic carbocycles. The molecular formula is C13H18ClN3O2. The monoisotopic (exact) mass is 283 g/mol. The van der Waals surface area contributed by atoms with E-state index in [1.54, 1.807) is 12.1 Å². The van der Waals surface area contributed by atoms with Crippen molar-refractivity contribution in [3.63, 3.8) is 0 Å². The van der Waals surface area contributed by atoms with Gasteiger partial charge in [0.05, 0.1) is 9.95 Å². The molecule has 1 heterocycles. The van der Waals surface area contributed by atoms with Gasteiger partial charge in [-0.3, -0.25) is 10.1 Å². The molecule has 0 aliphatic carbocycles. The van der Waals surface area contributed by atoms with E-state index in [2.05, 4.69) is 10.6 Å². The van der Waals surface area contributed by atoms with Crippen molar-refractivity contribution in [1.29, 1.82) is 0 Å². The van der Waals surface area contributed by atoms with Gasteiger partial charge < -0.3 is 10.6 Å². The molecule has 2 N–H and O–H groups in total. The molecule has 1 atom stereocenters. The van der Waals surface area contributed by atoms with Crippen LogP contribution in [0, 0.1) is 16.0 Å². The maximum atomic E-state index is 10.9. The molecule has 1 fully saturated rings. The molecule has 1 aromatic rings. The van der Waals surface area contributed by atoms with Crippen LogP contribution in [-0.4, -0.2) is 24.6 Å². The molecule has 1 aliphatic rings. The van der Waals surface area contributed by atoms with Crippen molar-refractivity contribution in [3.8, 4) is 0 Å². The number of benzene rings is 1. The Morgan fingerprint density at radius 2 is 2.37 bits per heavy atom. The minimum atomic E-state index is -0.406. The second kappa shape index (κ2) is 6.73. The highest BCUT2D eigenvalue weighted by Gasteiger charge is 2.17. The molecule has 19 heavy (non-hydrogen) atoms. The van der Waals surface area contributed by atoms with E-state index in [0.717, 1.165) is 19.5 Å². The van der Waals surface area contributed by atoms with E-state index in [0.29, 0.717) is 23.2 Å². The van der Waals surface area contributed by atoms with Crippen LogP contribution in [0.2, 0.25) is 5.02 Å². The molecule has 5 nitrogen and oxygen atoms in total. The lowest BCUT2D eigenvalue weighted by atomic mass is 9.96. The van der Waals surface area contributed by atoms with Gasteiger partial charge in [-0.25, -0.2) is 0 Å². The Morgan fingerprint density at radius 3 is 3.05 bits per heavy atom. The van der Waals surface area contributed by atoms with E-state index in [1.807, 2.05) is 0 Å².